The van der Waals surface area contributed by atoms with Crippen LogP contribution >= 0.6 is 0 Å². The van der Waals surface area contributed by atoms with Gasteiger partial charge < -0.3 is 10.2 Å². The van der Waals surface area contributed by atoms with Crippen LogP contribution in [0.2, 0.25) is 0 Å². The normalized spacial score (nSPS) is 13.3. The van der Waals surface area contributed by atoms with E-state index in [0.29, 0.717) is 0 Å². The van der Waals surface area contributed by atoms with Crippen molar-refractivity contribution < 1.29 is 130 Å². The summed E-state index contributed by atoms with van der Waals surface area (Å²) in [7, 11) is 0. The summed E-state index contributed by atoms with van der Waals surface area (Å²) in [6.45, 7) is 0.269. The van der Waals surface area contributed by atoms with E-state index < -0.39 is 212 Å². The highest BCUT2D eigenvalue weighted by molar-refractivity contribution is 7.20. The second-order valence-electron chi connectivity index (χ2n) is 16.1. The number of nitrogens with zero attached hydrogens (tertiary/aromatic N) is 2. The maximum atomic E-state index is 14.2. The maximum Gasteiger partial charge on any atom is 0.416 e. The number of rotatable bonds is 8. The third kappa shape index (κ3) is 13.3. The Labute approximate surface area is 407 Å². The Hall–Kier alpha value is -7.50. The number of carbonyl (C=O) groups is 2. The van der Waals surface area contributed by atoms with E-state index in [0.717, 1.165) is 5.56 Å². The van der Waals surface area contributed by atoms with Crippen LogP contribution in [0.1, 0.15) is 71.0 Å². The molecule has 0 amide bonds. The molecule has 0 unspecified atom stereocenters. The van der Waals surface area contributed by atoms with Crippen LogP contribution in [-0.4, -0.2) is 33.3 Å². The molecule has 2 N–H and O–H groups in total. The summed E-state index contributed by atoms with van der Waals surface area (Å²) < 4.78 is 342. The predicted octanol–water partition coefficient (Wildman–Crippen LogP) is 12.0. The fourth-order valence-electron chi connectivity index (χ4n) is 7.82. The minimum atomic E-state index is -6.13. The van der Waals surface area contributed by atoms with Gasteiger partial charge >= 0.3 is 67.0 Å². The van der Waals surface area contributed by atoms with Gasteiger partial charge in [0.25, 0.3) is 0 Å². The topological polar surface area (TPSA) is 91.4 Å². The van der Waals surface area contributed by atoms with E-state index in [4.69, 9.17) is 10.2 Å². The number of hydrogen-bond donors (Lipinski definition) is 2. The van der Waals surface area contributed by atoms with Gasteiger partial charge in [-0.25, -0.2) is 14.6 Å². The summed E-state index contributed by atoms with van der Waals surface area (Å²) in [6, 6.07) is 0.362. The third-order valence-electron chi connectivity index (χ3n) is 11.0. The van der Waals surface area contributed by atoms with Crippen LogP contribution in [0.5, 0.6) is 0 Å². The summed E-state index contributed by atoms with van der Waals surface area (Å²) in [5, 5.41) is 18.1. The van der Waals surface area contributed by atoms with Gasteiger partial charge in [-0.15, -0.1) is 0 Å². The molecule has 0 saturated heterocycles. The van der Waals surface area contributed by atoms with Crippen LogP contribution in [0, 0.1) is 0 Å². The summed E-state index contributed by atoms with van der Waals surface area (Å²) >= 11 is 0. The van der Waals surface area contributed by atoms with Crippen molar-refractivity contribution in [2.75, 3.05) is 0 Å². The summed E-state index contributed by atoms with van der Waals surface area (Å²) in [4.78, 5) is 25.8. The second kappa shape index (κ2) is 20.2. The van der Waals surface area contributed by atoms with Crippen LogP contribution < -0.4 is 26.4 Å². The molecular weight excluding hydrogens is 1100 g/mol. The molecule has 0 fully saturated rings. The van der Waals surface area contributed by atoms with Crippen molar-refractivity contribution in [3.05, 3.63) is 177 Å². The SMILES string of the molecule is FC(F)(F)c1cc([B-](c2cc(C(F)(F)F)cc(C(F)(F)F)c2)(c2cc(C(F)(F)F)cc(C(F)(F)F)c2)c2cc(C(F)(F)F)cc(C(F)(F)F)c2)cc(C(F)(F)F)c1.O=C(O)c1ncc[n+](Cc2ccccc2)c1C(=O)O. The first kappa shape index (κ1) is 59.4. The highest BCUT2D eigenvalue weighted by Crippen LogP contribution is 2.41. The number of aromatic nitrogens is 2. The second-order valence-corrected chi connectivity index (χ2v) is 16.1. The van der Waals surface area contributed by atoms with Crippen LogP contribution in [0.25, 0.3) is 0 Å². The molecule has 1 aromatic heterocycles. The van der Waals surface area contributed by atoms with Gasteiger partial charge in [-0.2, -0.15) is 132 Å². The highest BCUT2D eigenvalue weighted by Gasteiger charge is 2.47. The Kier molecular flexibility index (Phi) is 15.8. The molecule has 5 aromatic carbocycles. The lowest BCUT2D eigenvalue weighted by Gasteiger charge is -2.46. The van der Waals surface area contributed by atoms with Gasteiger partial charge in [0, 0.05) is 5.56 Å². The van der Waals surface area contributed by atoms with E-state index in [2.05, 4.69) is 4.98 Å². The van der Waals surface area contributed by atoms with Gasteiger partial charge in [-0.3, -0.25) is 0 Å². The first-order chi connectivity index (χ1) is 34.4. The molecule has 1 heterocycles. The third-order valence-corrected chi connectivity index (χ3v) is 11.0. The number of hydrogen-bond acceptors (Lipinski definition) is 3. The quantitative estimate of drug-likeness (QED) is 0.0900. The molecule has 0 bridgehead atoms. The minimum absolute atomic E-state index is 0.269. The largest absolute Gasteiger partial charge is 0.476 e. The first-order valence-corrected chi connectivity index (χ1v) is 20.1. The molecule has 31 heteroatoms. The molecule has 0 aliphatic carbocycles. The Bertz CT molecular complexity index is 2700. The number of benzene rings is 5. The van der Waals surface area contributed by atoms with Crippen LogP contribution in [0.4, 0.5) is 105 Å². The number of carboxylic acid groups (broad SMARTS) is 2. The highest BCUT2D eigenvalue weighted by atomic mass is 19.4. The molecule has 76 heavy (non-hydrogen) atoms. The van der Waals surface area contributed by atoms with E-state index in [1.54, 1.807) is 0 Å². The van der Waals surface area contributed by atoms with Gasteiger partial charge in [0.1, 0.15) is 6.15 Å². The Balaban J connectivity index is 0.000000468. The van der Waals surface area contributed by atoms with Crippen molar-refractivity contribution in [3.8, 4) is 0 Å². The molecule has 0 aliphatic rings. The summed E-state index contributed by atoms with van der Waals surface area (Å²) in [6.07, 6.45) is -52.1. The summed E-state index contributed by atoms with van der Waals surface area (Å²) in [5.41, 5.74) is -30.1. The van der Waals surface area contributed by atoms with E-state index in [1.807, 2.05) is 30.3 Å². The Morgan fingerprint density at radius 3 is 0.855 bits per heavy atom. The first-order valence-electron chi connectivity index (χ1n) is 20.1. The Morgan fingerprint density at radius 2 is 0.645 bits per heavy atom. The van der Waals surface area contributed by atoms with Gasteiger partial charge in [0.05, 0.1) is 50.7 Å². The van der Waals surface area contributed by atoms with Crippen molar-refractivity contribution in [1.29, 1.82) is 0 Å². The summed E-state index contributed by atoms with van der Waals surface area (Å²) in [5.74, 6) is -2.68. The zero-order valence-electron chi connectivity index (χ0n) is 36.4. The lowest BCUT2D eigenvalue weighted by molar-refractivity contribution is -0.691. The maximum absolute atomic E-state index is 14.2. The lowest BCUT2D eigenvalue weighted by Crippen LogP contribution is -2.75. The standard InChI is InChI=1S/C32H12BF24.C13H10N2O4/c34-25(35,36)13-1-14(26(37,38)39)6-21(5-13)33(22-7-15(27(40,41)42)2-16(8-22)28(43,44)45,23-9-17(29(46,47)48)3-18(10-23)30(49,50)51)24-11-19(31(52,53)54)4-20(12-24)32(55,56)57;16-12(17)10-11(13(18)19)15(7-6-14-10)8-9-4-2-1-3-5-9/h1-12H;1-7H,8H2,(H-,16,17,18,19)/q-1;/p+1. The van der Waals surface area contributed by atoms with Crippen molar-refractivity contribution >= 4 is 39.9 Å². The number of aromatic carboxylic acids is 2. The molecule has 0 radical (unpaired) electrons. The van der Waals surface area contributed by atoms with Crippen molar-refractivity contribution in [2.24, 2.45) is 0 Å². The monoisotopic (exact) mass is 1120 g/mol. The number of alkyl halides is 24. The molecule has 6 rings (SSSR count). The molecule has 0 atom stereocenters. The predicted molar refractivity (Wildman–Crippen MR) is 214 cm³/mol. The molecular formula is C45H23BF24N2O4. The van der Waals surface area contributed by atoms with Crippen molar-refractivity contribution in [2.45, 2.75) is 56.0 Å². The molecule has 0 aliphatic heterocycles. The molecule has 408 valence electrons. The van der Waals surface area contributed by atoms with Crippen LogP contribution in [0.15, 0.2) is 116 Å². The smallest absolute Gasteiger partial charge is 0.416 e. The zero-order valence-corrected chi connectivity index (χ0v) is 36.4. The molecule has 6 nitrogen and oxygen atoms in total. The van der Waals surface area contributed by atoms with E-state index in [1.165, 1.54) is 17.0 Å². The van der Waals surface area contributed by atoms with Gasteiger partial charge in [0.2, 0.25) is 5.69 Å². The lowest BCUT2D eigenvalue weighted by atomic mass is 9.12. The zero-order chi connectivity index (χ0) is 57.7. The van der Waals surface area contributed by atoms with Gasteiger partial charge in [-0.1, -0.05) is 78.9 Å². The number of carboxylic acids is 2. The van der Waals surface area contributed by atoms with Crippen molar-refractivity contribution in [3.63, 3.8) is 0 Å². The average Bonchev–Trinajstić information content (AvgIpc) is 3.27. The average molecular weight is 1120 g/mol. The van der Waals surface area contributed by atoms with Crippen LogP contribution in [0.3, 0.4) is 0 Å². The van der Waals surface area contributed by atoms with Gasteiger partial charge in [0.15, 0.2) is 12.7 Å². The fraction of sp³-hybridized carbons (Fsp3) is 0.200. The Morgan fingerprint density at radius 1 is 0.395 bits per heavy atom. The van der Waals surface area contributed by atoms with E-state index in [9.17, 15) is 115 Å². The van der Waals surface area contributed by atoms with Gasteiger partial charge in [-0.05, 0) is 24.3 Å². The van der Waals surface area contributed by atoms with Crippen molar-refractivity contribution in [1.82, 2.24) is 4.98 Å². The number of halogens is 24. The van der Waals surface area contributed by atoms with Crippen LogP contribution in [-0.2, 0) is 56.0 Å². The fourth-order valence-corrected chi connectivity index (χ4v) is 7.82. The molecule has 6 aromatic rings. The molecule has 0 saturated carbocycles. The van der Waals surface area contributed by atoms with E-state index >= 15 is 0 Å². The molecule has 0 spiro atoms. The van der Waals surface area contributed by atoms with E-state index in [-0.39, 0.29) is 12.2 Å². The minimum Gasteiger partial charge on any atom is -0.476 e.